The van der Waals surface area contributed by atoms with Crippen LogP contribution in [-0.2, 0) is 7.05 Å². The molecule has 1 N–H and O–H groups in total. The first-order chi connectivity index (χ1) is 9.93. The molecular formula is C13H15ClN4O2S. The number of carbonyl (C=O) groups is 1. The Morgan fingerprint density at radius 1 is 1.48 bits per heavy atom. The number of nitrogens with one attached hydrogen (secondary N) is 1. The molecule has 0 saturated heterocycles. The summed E-state index contributed by atoms with van der Waals surface area (Å²) in [4.78, 5) is 28.2. The van der Waals surface area contributed by atoms with Gasteiger partial charge in [0.15, 0.2) is 0 Å². The Hall–Kier alpha value is -1.86. The summed E-state index contributed by atoms with van der Waals surface area (Å²) in [5.74, 6) is 0. The summed E-state index contributed by atoms with van der Waals surface area (Å²) in [5.41, 5.74) is 1.23. The number of aryl methyl sites for hydroxylation is 2. The van der Waals surface area contributed by atoms with Crippen molar-refractivity contribution in [3.8, 4) is 5.69 Å². The molecule has 0 aliphatic carbocycles. The van der Waals surface area contributed by atoms with E-state index >= 15 is 0 Å². The lowest BCUT2D eigenvalue weighted by Crippen LogP contribution is -2.30. The van der Waals surface area contributed by atoms with Crippen LogP contribution in [0.3, 0.4) is 0 Å². The molecule has 0 aliphatic rings. The molecule has 2 amide bonds. The summed E-state index contributed by atoms with van der Waals surface area (Å²) in [7, 11) is 1.63. The van der Waals surface area contributed by atoms with Crippen LogP contribution in [0, 0.1) is 6.92 Å². The highest BCUT2D eigenvalue weighted by atomic mass is 35.5. The first kappa shape index (κ1) is 15.5. The van der Waals surface area contributed by atoms with E-state index in [0.29, 0.717) is 22.1 Å². The van der Waals surface area contributed by atoms with Gasteiger partial charge in [-0.05, 0) is 49.1 Å². The Bertz CT molecular complexity index is 803. The molecule has 8 heteroatoms. The van der Waals surface area contributed by atoms with Crippen LogP contribution in [0.25, 0.3) is 5.69 Å². The fraction of sp³-hybridized carbons (Fsp3) is 0.308. The van der Waals surface area contributed by atoms with Crippen molar-refractivity contribution in [3.63, 3.8) is 0 Å². The van der Waals surface area contributed by atoms with Crippen molar-refractivity contribution in [1.29, 1.82) is 0 Å². The number of aromatic nitrogens is 2. The molecule has 0 saturated carbocycles. The van der Waals surface area contributed by atoms with Crippen LogP contribution >= 0.6 is 23.1 Å². The van der Waals surface area contributed by atoms with Crippen LogP contribution in [0.2, 0.25) is 5.02 Å². The third kappa shape index (κ3) is 3.25. The van der Waals surface area contributed by atoms with Crippen LogP contribution in [0.4, 0.5) is 4.79 Å². The summed E-state index contributed by atoms with van der Waals surface area (Å²) in [6.45, 7) is 4.13. The van der Waals surface area contributed by atoms with Crippen molar-refractivity contribution >= 4 is 29.2 Å². The largest absolute Gasteiger partial charge is 0.344 e. The molecule has 2 aromatic rings. The summed E-state index contributed by atoms with van der Waals surface area (Å²) < 4.78 is 2.83. The molecule has 1 aromatic heterocycles. The van der Waals surface area contributed by atoms with Gasteiger partial charge in [0.25, 0.3) is 0 Å². The van der Waals surface area contributed by atoms with Crippen molar-refractivity contribution in [3.05, 3.63) is 44.1 Å². The van der Waals surface area contributed by atoms with Gasteiger partial charge in [-0.25, -0.2) is 18.1 Å². The average Bonchev–Trinajstić information content (AvgIpc) is 2.66. The molecule has 0 spiro atoms. The highest BCUT2D eigenvalue weighted by molar-refractivity contribution is 7.03. The van der Waals surface area contributed by atoms with Gasteiger partial charge in [-0.2, -0.15) is 4.99 Å². The predicted molar refractivity (Wildman–Crippen MR) is 83.3 cm³/mol. The zero-order valence-electron chi connectivity index (χ0n) is 11.9. The third-order valence-electron chi connectivity index (χ3n) is 2.80. The van der Waals surface area contributed by atoms with Crippen molar-refractivity contribution in [2.24, 2.45) is 12.0 Å². The number of halogens is 1. The Morgan fingerprint density at radius 3 is 2.81 bits per heavy atom. The molecule has 112 valence electrons. The van der Waals surface area contributed by atoms with Crippen LogP contribution in [-0.4, -0.2) is 21.1 Å². The molecule has 0 fully saturated rings. The average molecular weight is 327 g/mol. The number of hydrogen-bond acceptors (Lipinski definition) is 3. The molecule has 6 nitrogen and oxygen atoms in total. The Morgan fingerprint density at radius 2 is 2.19 bits per heavy atom. The van der Waals surface area contributed by atoms with Crippen molar-refractivity contribution in [2.45, 2.75) is 13.8 Å². The second kappa shape index (κ2) is 6.28. The SMILES string of the molecule is CCNC(=O)/N=c1\sn(C)c(=O)n1-c1ccc(Cl)cc1C. The van der Waals surface area contributed by atoms with Gasteiger partial charge in [0.2, 0.25) is 4.80 Å². The lowest BCUT2D eigenvalue weighted by atomic mass is 10.2. The number of carbonyl (C=O) groups excluding carboxylic acids is 1. The Labute approximate surface area is 130 Å². The Kier molecular flexibility index (Phi) is 4.64. The first-order valence-corrected chi connectivity index (χ1v) is 7.47. The fourth-order valence-corrected chi connectivity index (χ4v) is 2.86. The van der Waals surface area contributed by atoms with E-state index in [0.717, 1.165) is 17.1 Å². The number of benzene rings is 1. The quantitative estimate of drug-likeness (QED) is 0.914. The maximum Gasteiger partial charge on any atom is 0.344 e. The molecule has 0 bridgehead atoms. The molecule has 1 aromatic carbocycles. The highest BCUT2D eigenvalue weighted by Gasteiger charge is 2.12. The standard InChI is InChI=1S/C13H15ClN4O2S/c1-4-15-11(19)16-12-18(13(20)17(3)21-12)10-6-5-9(14)7-8(10)2/h5-7H,4H2,1-3H3,(H,15,19)/b16-12-. The number of amides is 2. The van der Waals surface area contributed by atoms with Crippen molar-refractivity contribution < 1.29 is 4.79 Å². The van der Waals surface area contributed by atoms with Gasteiger partial charge in [-0.3, -0.25) is 0 Å². The summed E-state index contributed by atoms with van der Waals surface area (Å²) in [6.07, 6.45) is 0. The van der Waals surface area contributed by atoms with E-state index in [1.807, 2.05) is 6.92 Å². The van der Waals surface area contributed by atoms with Crippen LogP contribution in [0.15, 0.2) is 28.0 Å². The molecule has 0 aliphatic heterocycles. The van der Waals surface area contributed by atoms with Gasteiger partial charge < -0.3 is 5.32 Å². The summed E-state index contributed by atoms with van der Waals surface area (Å²) >= 11 is 7.05. The molecule has 2 rings (SSSR count). The van der Waals surface area contributed by atoms with E-state index in [1.165, 1.54) is 8.52 Å². The van der Waals surface area contributed by atoms with Gasteiger partial charge in [-0.15, -0.1) is 0 Å². The predicted octanol–water partition coefficient (Wildman–Crippen LogP) is 1.83. The third-order valence-corrected chi connectivity index (χ3v) is 3.90. The van der Waals surface area contributed by atoms with Gasteiger partial charge in [0.1, 0.15) is 0 Å². The normalized spacial score (nSPS) is 11.7. The first-order valence-electron chi connectivity index (χ1n) is 6.32. The Balaban J connectivity index is 2.68. The van der Waals surface area contributed by atoms with Crippen LogP contribution in [0.5, 0.6) is 0 Å². The second-order valence-corrected chi connectivity index (χ2v) is 5.90. The zero-order chi connectivity index (χ0) is 15.6. The minimum absolute atomic E-state index is 0.256. The van der Waals surface area contributed by atoms with Gasteiger partial charge in [0.05, 0.1) is 5.69 Å². The number of hydrogen-bond donors (Lipinski definition) is 1. The molecule has 0 radical (unpaired) electrons. The second-order valence-electron chi connectivity index (χ2n) is 4.37. The highest BCUT2D eigenvalue weighted by Crippen LogP contribution is 2.17. The van der Waals surface area contributed by atoms with Crippen molar-refractivity contribution in [1.82, 2.24) is 13.8 Å². The fourth-order valence-electron chi connectivity index (χ4n) is 1.85. The molecule has 21 heavy (non-hydrogen) atoms. The van der Waals surface area contributed by atoms with Gasteiger partial charge >= 0.3 is 11.7 Å². The van der Waals surface area contributed by atoms with E-state index in [2.05, 4.69) is 10.3 Å². The summed E-state index contributed by atoms with van der Waals surface area (Å²) in [5, 5.41) is 3.17. The summed E-state index contributed by atoms with van der Waals surface area (Å²) in [6, 6.07) is 4.73. The lowest BCUT2D eigenvalue weighted by Gasteiger charge is -2.05. The molecule has 0 atom stereocenters. The van der Waals surface area contributed by atoms with Crippen LogP contribution in [0.1, 0.15) is 12.5 Å². The van der Waals surface area contributed by atoms with E-state index in [-0.39, 0.29) is 5.69 Å². The van der Waals surface area contributed by atoms with Gasteiger partial charge in [-0.1, -0.05) is 11.6 Å². The van der Waals surface area contributed by atoms with E-state index in [9.17, 15) is 9.59 Å². The number of rotatable bonds is 2. The minimum Gasteiger partial charge on any atom is -0.336 e. The van der Waals surface area contributed by atoms with E-state index in [1.54, 1.807) is 32.2 Å². The van der Waals surface area contributed by atoms with Crippen LogP contribution < -0.4 is 15.8 Å². The van der Waals surface area contributed by atoms with E-state index < -0.39 is 6.03 Å². The maximum atomic E-state index is 12.3. The number of nitrogens with zero attached hydrogens (tertiary/aromatic N) is 3. The molecular weight excluding hydrogens is 312 g/mol. The molecule has 1 heterocycles. The van der Waals surface area contributed by atoms with Gasteiger partial charge in [0, 0.05) is 18.6 Å². The minimum atomic E-state index is -0.472. The number of urea groups is 1. The molecule has 0 unspecified atom stereocenters. The maximum absolute atomic E-state index is 12.3. The van der Waals surface area contributed by atoms with E-state index in [4.69, 9.17) is 11.6 Å². The monoisotopic (exact) mass is 326 g/mol. The zero-order valence-corrected chi connectivity index (χ0v) is 13.5. The lowest BCUT2D eigenvalue weighted by molar-refractivity contribution is 0.249. The van der Waals surface area contributed by atoms with Crippen molar-refractivity contribution in [2.75, 3.05) is 6.54 Å². The topological polar surface area (TPSA) is 68.4 Å². The smallest absolute Gasteiger partial charge is 0.336 e.